The molecule has 0 unspecified atom stereocenters. The van der Waals surface area contributed by atoms with Gasteiger partial charge in [0.15, 0.2) is 0 Å². The van der Waals surface area contributed by atoms with Gasteiger partial charge in [-0.2, -0.15) is 0 Å². The SMILES string of the molecule is CNNCc1ccccc1C. The summed E-state index contributed by atoms with van der Waals surface area (Å²) in [5.74, 6) is 0. The summed E-state index contributed by atoms with van der Waals surface area (Å²) in [6.45, 7) is 3.00. The molecule has 0 aliphatic carbocycles. The van der Waals surface area contributed by atoms with E-state index in [4.69, 9.17) is 0 Å². The smallest absolute Gasteiger partial charge is 0.0353 e. The van der Waals surface area contributed by atoms with Crippen molar-refractivity contribution in [3.05, 3.63) is 35.4 Å². The first-order valence-electron chi connectivity index (χ1n) is 3.78. The lowest BCUT2D eigenvalue weighted by atomic mass is 10.1. The van der Waals surface area contributed by atoms with Gasteiger partial charge in [-0.25, -0.2) is 0 Å². The van der Waals surface area contributed by atoms with Crippen molar-refractivity contribution in [3.8, 4) is 0 Å². The lowest BCUT2D eigenvalue weighted by Gasteiger charge is -2.05. The first kappa shape index (κ1) is 8.24. The maximum Gasteiger partial charge on any atom is 0.0353 e. The van der Waals surface area contributed by atoms with E-state index in [1.165, 1.54) is 11.1 Å². The molecule has 11 heavy (non-hydrogen) atoms. The number of nitrogens with one attached hydrogen (secondary N) is 2. The third-order valence-corrected chi connectivity index (χ3v) is 1.72. The minimum atomic E-state index is 0.878. The Bertz CT molecular complexity index is 221. The summed E-state index contributed by atoms with van der Waals surface area (Å²) in [5, 5.41) is 0. The molecule has 0 fully saturated rings. The van der Waals surface area contributed by atoms with Crippen molar-refractivity contribution in [2.24, 2.45) is 0 Å². The minimum absolute atomic E-state index is 0.878. The summed E-state index contributed by atoms with van der Waals surface area (Å²) in [5.41, 5.74) is 8.61. The van der Waals surface area contributed by atoms with Crippen LogP contribution in [0.4, 0.5) is 0 Å². The van der Waals surface area contributed by atoms with Crippen LogP contribution in [0.15, 0.2) is 24.3 Å². The zero-order valence-corrected chi connectivity index (χ0v) is 7.02. The van der Waals surface area contributed by atoms with Gasteiger partial charge < -0.3 is 0 Å². The maximum absolute atomic E-state index is 3.06. The lowest BCUT2D eigenvalue weighted by Crippen LogP contribution is -2.26. The Hall–Kier alpha value is -0.860. The average Bonchev–Trinajstić information content (AvgIpc) is 2.03. The number of benzene rings is 1. The van der Waals surface area contributed by atoms with Crippen LogP contribution in [-0.4, -0.2) is 7.05 Å². The second-order valence-electron chi connectivity index (χ2n) is 2.53. The van der Waals surface area contributed by atoms with Crippen LogP contribution in [0.25, 0.3) is 0 Å². The molecule has 2 N–H and O–H groups in total. The van der Waals surface area contributed by atoms with Crippen LogP contribution in [0.2, 0.25) is 0 Å². The van der Waals surface area contributed by atoms with Gasteiger partial charge in [-0.15, -0.1) is 0 Å². The van der Waals surface area contributed by atoms with Crippen LogP contribution < -0.4 is 10.9 Å². The summed E-state index contributed by atoms with van der Waals surface area (Å²) in [6.07, 6.45) is 0. The average molecular weight is 150 g/mol. The van der Waals surface area contributed by atoms with Crippen molar-refractivity contribution in [3.63, 3.8) is 0 Å². The number of aryl methyl sites for hydroxylation is 1. The Morgan fingerprint density at radius 2 is 2.00 bits per heavy atom. The Labute approximate surface area is 67.6 Å². The third-order valence-electron chi connectivity index (χ3n) is 1.72. The largest absolute Gasteiger partial charge is 0.261 e. The van der Waals surface area contributed by atoms with Crippen LogP contribution in [-0.2, 0) is 6.54 Å². The van der Waals surface area contributed by atoms with Gasteiger partial charge in [0.05, 0.1) is 0 Å². The molecular formula is C9H14N2. The molecule has 1 aromatic rings. The molecule has 0 heterocycles. The van der Waals surface area contributed by atoms with E-state index in [0.29, 0.717) is 0 Å². The van der Waals surface area contributed by atoms with E-state index in [-0.39, 0.29) is 0 Å². The van der Waals surface area contributed by atoms with Crippen molar-refractivity contribution >= 4 is 0 Å². The molecular weight excluding hydrogens is 136 g/mol. The first-order valence-corrected chi connectivity index (χ1v) is 3.78. The van der Waals surface area contributed by atoms with Crippen molar-refractivity contribution in [1.82, 2.24) is 10.9 Å². The fourth-order valence-corrected chi connectivity index (χ4v) is 0.992. The fraction of sp³-hybridized carbons (Fsp3) is 0.333. The van der Waals surface area contributed by atoms with Gasteiger partial charge in [-0.05, 0) is 25.1 Å². The topological polar surface area (TPSA) is 24.1 Å². The van der Waals surface area contributed by atoms with Crippen LogP contribution in [0.5, 0.6) is 0 Å². The van der Waals surface area contributed by atoms with Crippen LogP contribution in [0.3, 0.4) is 0 Å². The number of hydrogen-bond donors (Lipinski definition) is 2. The molecule has 1 aromatic carbocycles. The lowest BCUT2D eigenvalue weighted by molar-refractivity contribution is 0.595. The van der Waals surface area contributed by atoms with E-state index in [2.05, 4.69) is 42.0 Å². The molecule has 2 nitrogen and oxygen atoms in total. The predicted octanol–water partition coefficient (Wildman–Crippen LogP) is 1.22. The highest BCUT2D eigenvalue weighted by atomic mass is 15.3. The Morgan fingerprint density at radius 3 is 2.64 bits per heavy atom. The molecule has 1 rings (SSSR count). The van der Waals surface area contributed by atoms with E-state index in [0.717, 1.165) is 6.54 Å². The Kier molecular flexibility index (Phi) is 3.08. The summed E-state index contributed by atoms with van der Waals surface area (Å²) < 4.78 is 0. The van der Waals surface area contributed by atoms with Gasteiger partial charge in [0.2, 0.25) is 0 Å². The van der Waals surface area contributed by atoms with E-state index >= 15 is 0 Å². The molecule has 0 radical (unpaired) electrons. The molecule has 0 aliphatic heterocycles. The molecule has 60 valence electrons. The van der Waals surface area contributed by atoms with E-state index in [9.17, 15) is 0 Å². The normalized spacial score (nSPS) is 10.0. The van der Waals surface area contributed by atoms with E-state index < -0.39 is 0 Å². The van der Waals surface area contributed by atoms with Crippen molar-refractivity contribution in [2.45, 2.75) is 13.5 Å². The van der Waals surface area contributed by atoms with Crippen LogP contribution in [0.1, 0.15) is 11.1 Å². The van der Waals surface area contributed by atoms with E-state index in [1.807, 2.05) is 7.05 Å². The summed E-state index contributed by atoms with van der Waals surface area (Å²) >= 11 is 0. The van der Waals surface area contributed by atoms with Crippen molar-refractivity contribution in [1.29, 1.82) is 0 Å². The predicted molar refractivity (Wildman–Crippen MR) is 47.1 cm³/mol. The van der Waals surface area contributed by atoms with Crippen LogP contribution in [0, 0.1) is 6.92 Å². The molecule has 0 bridgehead atoms. The number of hydrogen-bond acceptors (Lipinski definition) is 2. The Balaban J connectivity index is 2.62. The summed E-state index contributed by atoms with van der Waals surface area (Å²) in [7, 11) is 1.87. The highest BCUT2D eigenvalue weighted by molar-refractivity contribution is 5.25. The zero-order chi connectivity index (χ0) is 8.10. The van der Waals surface area contributed by atoms with Gasteiger partial charge in [-0.3, -0.25) is 10.9 Å². The second-order valence-corrected chi connectivity index (χ2v) is 2.53. The highest BCUT2D eigenvalue weighted by Crippen LogP contribution is 2.05. The summed E-state index contributed by atoms with van der Waals surface area (Å²) in [6, 6.07) is 8.35. The molecule has 0 saturated heterocycles. The fourth-order valence-electron chi connectivity index (χ4n) is 0.992. The van der Waals surface area contributed by atoms with Gasteiger partial charge in [-0.1, -0.05) is 24.3 Å². The van der Waals surface area contributed by atoms with Gasteiger partial charge >= 0.3 is 0 Å². The molecule has 0 aromatic heterocycles. The molecule has 0 amide bonds. The standard InChI is InChI=1S/C9H14N2/c1-8-5-3-4-6-9(8)7-11-10-2/h3-6,10-11H,7H2,1-2H3. The molecule has 0 spiro atoms. The van der Waals surface area contributed by atoms with Crippen molar-refractivity contribution in [2.75, 3.05) is 7.05 Å². The molecule has 0 atom stereocenters. The monoisotopic (exact) mass is 150 g/mol. The van der Waals surface area contributed by atoms with Gasteiger partial charge in [0, 0.05) is 6.54 Å². The highest BCUT2D eigenvalue weighted by Gasteiger charge is 1.93. The third kappa shape index (κ3) is 2.33. The summed E-state index contributed by atoms with van der Waals surface area (Å²) in [4.78, 5) is 0. The maximum atomic E-state index is 3.06. The van der Waals surface area contributed by atoms with E-state index in [1.54, 1.807) is 0 Å². The molecule has 0 saturated carbocycles. The number of rotatable bonds is 3. The molecule has 0 aliphatic rings. The first-order chi connectivity index (χ1) is 5.34. The van der Waals surface area contributed by atoms with Gasteiger partial charge in [0.25, 0.3) is 0 Å². The zero-order valence-electron chi connectivity index (χ0n) is 7.02. The Morgan fingerprint density at radius 1 is 1.27 bits per heavy atom. The number of hydrazine groups is 1. The second kappa shape index (κ2) is 4.11. The quantitative estimate of drug-likeness (QED) is 0.633. The molecule has 2 heteroatoms. The van der Waals surface area contributed by atoms with Crippen LogP contribution >= 0.6 is 0 Å². The minimum Gasteiger partial charge on any atom is -0.261 e. The van der Waals surface area contributed by atoms with Crippen molar-refractivity contribution < 1.29 is 0 Å². The van der Waals surface area contributed by atoms with Gasteiger partial charge in [0.1, 0.15) is 0 Å².